The number of hydrogen-bond acceptors (Lipinski definition) is 5. The molecule has 0 aliphatic heterocycles. The minimum atomic E-state index is -3.43. The first-order valence-electron chi connectivity index (χ1n) is 8.88. The monoisotopic (exact) mass is 440 g/mol. The summed E-state index contributed by atoms with van der Waals surface area (Å²) in [4.78, 5) is 12.8. The van der Waals surface area contributed by atoms with Crippen molar-refractivity contribution in [2.45, 2.75) is 19.4 Å². The number of amides is 1. The van der Waals surface area contributed by atoms with Crippen molar-refractivity contribution in [3.05, 3.63) is 52.5 Å². The fraction of sp³-hybridized carbons (Fsp3) is 0.350. The van der Waals surface area contributed by atoms with Crippen LogP contribution in [0.5, 0.6) is 11.5 Å². The average Bonchev–Trinajstić information content (AvgIpc) is 2.69. The van der Waals surface area contributed by atoms with Gasteiger partial charge in [0.15, 0.2) is 11.5 Å². The Morgan fingerprint density at radius 2 is 1.79 bits per heavy atom. The number of carbonyl (C=O) groups excluding carboxylic acids is 1. The number of methoxy groups -OCH3 is 2. The molecular weight excluding hydrogens is 416 g/mol. The van der Waals surface area contributed by atoms with Crippen molar-refractivity contribution in [2.24, 2.45) is 0 Å². The van der Waals surface area contributed by atoms with Crippen LogP contribution in [-0.2, 0) is 10.0 Å². The molecule has 0 radical (unpaired) electrons. The molecule has 1 atom stereocenters. The van der Waals surface area contributed by atoms with Gasteiger partial charge in [0.05, 0.1) is 42.8 Å². The van der Waals surface area contributed by atoms with Crippen LogP contribution in [0.1, 0.15) is 35.3 Å². The van der Waals surface area contributed by atoms with E-state index in [1.165, 1.54) is 19.2 Å². The van der Waals surface area contributed by atoms with E-state index in [9.17, 15) is 13.2 Å². The van der Waals surface area contributed by atoms with Crippen LogP contribution < -0.4 is 19.1 Å². The molecule has 0 saturated carbocycles. The van der Waals surface area contributed by atoms with Gasteiger partial charge >= 0.3 is 0 Å². The van der Waals surface area contributed by atoms with Crippen LogP contribution in [0.15, 0.2) is 36.4 Å². The highest BCUT2D eigenvalue weighted by atomic mass is 35.5. The van der Waals surface area contributed by atoms with E-state index < -0.39 is 10.0 Å². The van der Waals surface area contributed by atoms with Crippen LogP contribution in [0.4, 0.5) is 5.69 Å². The van der Waals surface area contributed by atoms with Crippen LogP contribution in [-0.4, -0.2) is 41.8 Å². The topological polar surface area (TPSA) is 84.9 Å². The summed E-state index contributed by atoms with van der Waals surface area (Å²) in [6, 6.07) is 9.70. The highest BCUT2D eigenvalue weighted by molar-refractivity contribution is 7.92. The lowest BCUT2D eigenvalue weighted by Gasteiger charge is -2.20. The molecule has 0 spiro atoms. The number of carbonyl (C=O) groups is 1. The van der Waals surface area contributed by atoms with Gasteiger partial charge in [-0.25, -0.2) is 8.42 Å². The maximum atomic E-state index is 12.8. The zero-order valence-electron chi connectivity index (χ0n) is 17.0. The van der Waals surface area contributed by atoms with Crippen molar-refractivity contribution in [2.75, 3.05) is 31.8 Å². The molecule has 29 heavy (non-hydrogen) atoms. The molecule has 9 heteroatoms. The number of sulfonamides is 1. The number of ether oxygens (including phenoxy) is 2. The Morgan fingerprint density at radius 1 is 1.14 bits per heavy atom. The SMILES string of the molecule is CCC(NC(=O)c1ccc(N(C)S(C)(=O)=O)cc1Cl)c1ccc(OC)c(OC)c1. The Hall–Kier alpha value is -2.45. The lowest BCUT2D eigenvalue weighted by molar-refractivity contribution is 0.0935. The summed E-state index contributed by atoms with van der Waals surface area (Å²) in [6.45, 7) is 1.95. The van der Waals surface area contributed by atoms with Crippen molar-refractivity contribution in [1.82, 2.24) is 5.32 Å². The van der Waals surface area contributed by atoms with E-state index in [-0.39, 0.29) is 22.5 Å². The quantitative estimate of drug-likeness (QED) is 0.677. The molecule has 1 unspecified atom stereocenters. The van der Waals surface area contributed by atoms with Gasteiger partial charge in [-0.15, -0.1) is 0 Å². The van der Waals surface area contributed by atoms with Crippen molar-refractivity contribution in [1.29, 1.82) is 0 Å². The molecule has 0 aromatic heterocycles. The standard InChI is InChI=1S/C20H25ClN2O5S/c1-6-17(13-7-10-18(27-3)19(11-13)28-4)22-20(24)15-9-8-14(12-16(15)21)23(2)29(5,25)26/h7-12,17H,6H2,1-5H3,(H,22,24). The second kappa shape index (κ2) is 9.37. The number of hydrogen-bond donors (Lipinski definition) is 1. The second-order valence-corrected chi connectivity index (χ2v) is 8.86. The average molecular weight is 441 g/mol. The summed E-state index contributed by atoms with van der Waals surface area (Å²) in [5.74, 6) is 0.820. The van der Waals surface area contributed by atoms with Crippen LogP contribution >= 0.6 is 11.6 Å². The van der Waals surface area contributed by atoms with Gasteiger partial charge in [0.1, 0.15) is 0 Å². The maximum Gasteiger partial charge on any atom is 0.253 e. The zero-order chi connectivity index (χ0) is 21.8. The molecule has 0 aliphatic rings. The number of nitrogens with one attached hydrogen (secondary N) is 1. The van der Waals surface area contributed by atoms with Crippen molar-refractivity contribution in [3.63, 3.8) is 0 Å². The minimum Gasteiger partial charge on any atom is -0.493 e. The largest absolute Gasteiger partial charge is 0.493 e. The third-order valence-corrected chi connectivity index (χ3v) is 6.10. The predicted molar refractivity (Wildman–Crippen MR) is 115 cm³/mol. The summed E-state index contributed by atoms with van der Waals surface area (Å²) in [5, 5.41) is 3.12. The zero-order valence-corrected chi connectivity index (χ0v) is 18.6. The molecule has 158 valence electrons. The van der Waals surface area contributed by atoms with Gasteiger partial charge in [0.25, 0.3) is 5.91 Å². The molecule has 2 aromatic carbocycles. The third-order valence-electron chi connectivity index (χ3n) is 4.58. The Bertz CT molecular complexity index is 994. The lowest BCUT2D eigenvalue weighted by atomic mass is 10.0. The summed E-state index contributed by atoms with van der Waals surface area (Å²) >= 11 is 6.26. The fourth-order valence-corrected chi connectivity index (χ4v) is 3.56. The second-order valence-electron chi connectivity index (χ2n) is 6.44. The number of benzene rings is 2. The molecule has 0 saturated heterocycles. The van der Waals surface area contributed by atoms with E-state index in [1.807, 2.05) is 19.1 Å². The molecule has 0 aliphatic carbocycles. The molecule has 1 N–H and O–H groups in total. The van der Waals surface area contributed by atoms with Crippen molar-refractivity contribution in [3.8, 4) is 11.5 Å². The summed E-state index contributed by atoms with van der Waals surface area (Å²) < 4.78 is 35.0. The molecular formula is C20H25ClN2O5S. The van der Waals surface area contributed by atoms with Crippen molar-refractivity contribution < 1.29 is 22.7 Å². The highest BCUT2D eigenvalue weighted by Gasteiger charge is 2.20. The summed E-state index contributed by atoms with van der Waals surface area (Å²) in [6.07, 6.45) is 1.74. The van der Waals surface area contributed by atoms with Gasteiger partial charge in [0, 0.05) is 7.05 Å². The van der Waals surface area contributed by atoms with Gasteiger partial charge in [-0.05, 0) is 42.3 Å². The lowest BCUT2D eigenvalue weighted by Crippen LogP contribution is -2.29. The van der Waals surface area contributed by atoms with E-state index in [0.29, 0.717) is 23.6 Å². The molecule has 0 bridgehead atoms. The van der Waals surface area contributed by atoms with E-state index in [0.717, 1.165) is 16.1 Å². The molecule has 0 fully saturated rings. The molecule has 1 amide bonds. The summed E-state index contributed by atoms with van der Waals surface area (Å²) in [5.41, 5.74) is 1.50. The molecule has 0 heterocycles. The van der Waals surface area contributed by atoms with Crippen molar-refractivity contribution >= 4 is 33.2 Å². The Balaban J connectivity index is 2.26. The van der Waals surface area contributed by atoms with Crippen LogP contribution in [0.2, 0.25) is 5.02 Å². The first-order valence-corrected chi connectivity index (χ1v) is 11.1. The molecule has 2 aromatic rings. The maximum absolute atomic E-state index is 12.8. The van der Waals surface area contributed by atoms with Gasteiger partial charge < -0.3 is 14.8 Å². The van der Waals surface area contributed by atoms with E-state index in [2.05, 4.69) is 5.32 Å². The fourth-order valence-electron chi connectivity index (χ4n) is 2.80. The van der Waals surface area contributed by atoms with E-state index in [1.54, 1.807) is 26.4 Å². The predicted octanol–water partition coefficient (Wildman–Crippen LogP) is 3.63. The highest BCUT2D eigenvalue weighted by Crippen LogP contribution is 2.31. The van der Waals surface area contributed by atoms with Crippen LogP contribution in [0.3, 0.4) is 0 Å². The molecule has 7 nitrogen and oxygen atoms in total. The number of nitrogens with zero attached hydrogens (tertiary/aromatic N) is 1. The normalized spacial score (nSPS) is 12.2. The van der Waals surface area contributed by atoms with Gasteiger partial charge in [0.2, 0.25) is 10.0 Å². The smallest absolute Gasteiger partial charge is 0.253 e. The third kappa shape index (κ3) is 5.33. The summed E-state index contributed by atoms with van der Waals surface area (Å²) in [7, 11) is 1.11. The van der Waals surface area contributed by atoms with Gasteiger partial charge in [-0.2, -0.15) is 0 Å². The number of rotatable bonds is 8. The molecule has 2 rings (SSSR count). The Labute approximate surface area is 176 Å². The number of halogens is 1. The van der Waals surface area contributed by atoms with Gasteiger partial charge in [-0.3, -0.25) is 9.10 Å². The van der Waals surface area contributed by atoms with E-state index >= 15 is 0 Å². The minimum absolute atomic E-state index is 0.165. The Kier molecular flexibility index (Phi) is 7.37. The van der Waals surface area contributed by atoms with Gasteiger partial charge in [-0.1, -0.05) is 24.6 Å². The Morgan fingerprint density at radius 3 is 2.31 bits per heavy atom. The van der Waals surface area contributed by atoms with Crippen LogP contribution in [0, 0.1) is 0 Å². The first-order chi connectivity index (χ1) is 13.6. The van der Waals surface area contributed by atoms with E-state index in [4.69, 9.17) is 21.1 Å². The number of anilines is 1. The van der Waals surface area contributed by atoms with Crippen LogP contribution in [0.25, 0.3) is 0 Å². The first kappa shape index (κ1) is 22.8.